The van der Waals surface area contributed by atoms with Crippen LogP contribution >= 0.6 is 11.6 Å². The highest BCUT2D eigenvalue weighted by Crippen LogP contribution is 2.27. The lowest BCUT2D eigenvalue weighted by atomic mass is 9.97. The van der Waals surface area contributed by atoms with Gasteiger partial charge in [0.1, 0.15) is 0 Å². The lowest BCUT2D eigenvalue weighted by Crippen LogP contribution is -2.36. The molecule has 8 heteroatoms. The van der Waals surface area contributed by atoms with Gasteiger partial charge in [-0.15, -0.1) is 0 Å². The second kappa shape index (κ2) is 8.22. The van der Waals surface area contributed by atoms with E-state index in [2.05, 4.69) is 10.4 Å². The van der Waals surface area contributed by atoms with Crippen molar-refractivity contribution in [3.63, 3.8) is 0 Å². The number of hydrazone groups is 1. The van der Waals surface area contributed by atoms with E-state index in [1.54, 1.807) is 31.2 Å². The first-order valence-electron chi connectivity index (χ1n) is 8.80. The minimum atomic E-state index is -0.459. The third-order valence-electron chi connectivity index (χ3n) is 4.24. The van der Waals surface area contributed by atoms with Crippen molar-refractivity contribution in [3.05, 3.63) is 80.0 Å². The van der Waals surface area contributed by atoms with Gasteiger partial charge in [-0.1, -0.05) is 24.6 Å². The number of carbonyl (C=O) groups is 1. The number of nitro groups is 1. The molecule has 7 nitrogen and oxygen atoms in total. The van der Waals surface area contributed by atoms with Gasteiger partial charge < -0.3 is 5.32 Å². The van der Waals surface area contributed by atoms with Gasteiger partial charge in [0.2, 0.25) is 0 Å². The van der Waals surface area contributed by atoms with E-state index in [1.165, 1.54) is 17.1 Å². The fraction of sp³-hybridized carbons (Fsp3) is 0.200. The fourth-order valence-corrected chi connectivity index (χ4v) is 3.02. The largest absolute Gasteiger partial charge is 0.342 e. The van der Waals surface area contributed by atoms with Crippen molar-refractivity contribution in [2.24, 2.45) is 5.10 Å². The number of non-ortho nitro benzene ring substituents is 1. The number of fused-ring (bicyclic) bond motifs is 1. The van der Waals surface area contributed by atoms with Crippen LogP contribution in [0.4, 0.5) is 10.5 Å². The standard InChI is InChI=1S/C20H19ClN4O3/c1-3-10-22-20(26)24-13(2)11-15-4-7-16(21)12-18(15)19(23-24)14-5-8-17(9-6-14)25(27)28/h4-9,11-12H,3,10H2,1-2H3,(H,22,26). The van der Waals surface area contributed by atoms with Gasteiger partial charge >= 0.3 is 6.03 Å². The second-order valence-electron chi connectivity index (χ2n) is 6.31. The van der Waals surface area contributed by atoms with Crippen molar-refractivity contribution >= 4 is 35.1 Å². The Hall–Kier alpha value is -3.19. The molecule has 1 heterocycles. The third kappa shape index (κ3) is 4.04. The van der Waals surface area contributed by atoms with Crippen LogP contribution in [0.1, 0.15) is 37.0 Å². The summed E-state index contributed by atoms with van der Waals surface area (Å²) in [4.78, 5) is 23.1. The van der Waals surface area contributed by atoms with Gasteiger partial charge in [0.05, 0.1) is 10.6 Å². The van der Waals surface area contributed by atoms with E-state index in [1.807, 2.05) is 19.1 Å². The normalized spacial score (nSPS) is 13.2. The highest BCUT2D eigenvalue weighted by Gasteiger charge is 2.23. The second-order valence-corrected chi connectivity index (χ2v) is 6.75. The van der Waals surface area contributed by atoms with E-state index in [4.69, 9.17) is 11.6 Å². The minimum Gasteiger partial charge on any atom is -0.336 e. The van der Waals surface area contributed by atoms with Crippen molar-refractivity contribution in [2.45, 2.75) is 20.3 Å². The van der Waals surface area contributed by atoms with E-state index in [0.717, 1.165) is 17.5 Å². The van der Waals surface area contributed by atoms with Crippen LogP contribution in [-0.4, -0.2) is 28.2 Å². The summed E-state index contributed by atoms with van der Waals surface area (Å²) in [5.41, 5.74) is 3.37. The third-order valence-corrected chi connectivity index (χ3v) is 4.47. The summed E-state index contributed by atoms with van der Waals surface area (Å²) in [6, 6.07) is 11.1. The molecule has 1 aliphatic heterocycles. The Bertz CT molecular complexity index is 983. The quantitative estimate of drug-likeness (QED) is 0.592. The first-order chi connectivity index (χ1) is 13.4. The molecule has 0 bridgehead atoms. The summed E-state index contributed by atoms with van der Waals surface area (Å²) >= 11 is 6.20. The molecule has 0 spiro atoms. The number of hydrogen-bond donors (Lipinski definition) is 1. The van der Waals surface area contributed by atoms with E-state index in [0.29, 0.717) is 28.5 Å². The maximum atomic E-state index is 12.6. The number of nitrogens with one attached hydrogen (secondary N) is 1. The summed E-state index contributed by atoms with van der Waals surface area (Å²) < 4.78 is 0. The number of amides is 2. The predicted molar refractivity (Wildman–Crippen MR) is 109 cm³/mol. The zero-order valence-electron chi connectivity index (χ0n) is 15.5. The number of nitrogens with zero attached hydrogens (tertiary/aromatic N) is 3. The van der Waals surface area contributed by atoms with Crippen molar-refractivity contribution in [1.82, 2.24) is 10.3 Å². The smallest absolute Gasteiger partial charge is 0.336 e. The van der Waals surface area contributed by atoms with Crippen molar-refractivity contribution in [3.8, 4) is 0 Å². The van der Waals surface area contributed by atoms with Crippen LogP contribution < -0.4 is 5.32 Å². The highest BCUT2D eigenvalue weighted by molar-refractivity contribution is 6.31. The Balaban J connectivity index is 2.14. The summed E-state index contributed by atoms with van der Waals surface area (Å²) in [6.07, 6.45) is 2.66. The van der Waals surface area contributed by atoms with Crippen LogP contribution in [0.15, 0.2) is 53.3 Å². The number of halogens is 1. The molecule has 0 radical (unpaired) electrons. The van der Waals surface area contributed by atoms with Crippen molar-refractivity contribution in [2.75, 3.05) is 6.54 Å². The molecule has 0 aliphatic carbocycles. The average molecular weight is 399 g/mol. The summed E-state index contributed by atoms with van der Waals surface area (Å²) in [5.74, 6) is 0. The molecule has 0 saturated heterocycles. The minimum absolute atomic E-state index is 0.0175. The van der Waals surface area contributed by atoms with Crippen molar-refractivity contribution < 1.29 is 9.72 Å². The van der Waals surface area contributed by atoms with E-state index in [-0.39, 0.29) is 11.7 Å². The Labute approximate surface area is 167 Å². The Morgan fingerprint density at radius 3 is 2.61 bits per heavy atom. The first-order valence-corrected chi connectivity index (χ1v) is 9.18. The fourth-order valence-electron chi connectivity index (χ4n) is 2.85. The average Bonchev–Trinajstić information content (AvgIpc) is 2.82. The molecular formula is C20H19ClN4O3. The van der Waals surface area contributed by atoms with Crippen LogP contribution in [0.3, 0.4) is 0 Å². The number of allylic oxidation sites excluding steroid dienone is 1. The summed E-state index contributed by atoms with van der Waals surface area (Å²) in [6.45, 7) is 4.30. The van der Waals surface area contributed by atoms with Gasteiger partial charge in [0, 0.05) is 40.5 Å². The molecule has 2 aromatic rings. The van der Waals surface area contributed by atoms with Crippen LogP contribution in [-0.2, 0) is 0 Å². The first kappa shape index (κ1) is 19.6. The molecule has 2 aromatic carbocycles. The monoisotopic (exact) mass is 398 g/mol. The molecule has 28 heavy (non-hydrogen) atoms. The molecule has 3 rings (SSSR count). The number of urea groups is 1. The zero-order chi connectivity index (χ0) is 20.3. The van der Waals surface area contributed by atoms with E-state index in [9.17, 15) is 14.9 Å². The lowest BCUT2D eigenvalue weighted by molar-refractivity contribution is -0.384. The van der Waals surface area contributed by atoms with E-state index < -0.39 is 4.92 Å². The molecule has 144 valence electrons. The topological polar surface area (TPSA) is 87.8 Å². The van der Waals surface area contributed by atoms with Gasteiger partial charge in [0.25, 0.3) is 5.69 Å². The molecule has 0 saturated carbocycles. The van der Waals surface area contributed by atoms with Gasteiger partial charge in [-0.2, -0.15) is 10.1 Å². The maximum absolute atomic E-state index is 12.6. The van der Waals surface area contributed by atoms with E-state index >= 15 is 0 Å². The maximum Gasteiger partial charge on any atom is 0.342 e. The summed E-state index contributed by atoms with van der Waals surface area (Å²) in [7, 11) is 0. The van der Waals surface area contributed by atoms with Crippen LogP contribution in [0.2, 0.25) is 5.02 Å². The van der Waals surface area contributed by atoms with Crippen LogP contribution in [0, 0.1) is 10.1 Å². The zero-order valence-corrected chi connectivity index (χ0v) is 16.2. The number of carbonyl (C=O) groups excluding carboxylic acids is 1. The van der Waals surface area contributed by atoms with Crippen molar-refractivity contribution in [1.29, 1.82) is 0 Å². The van der Waals surface area contributed by atoms with Gasteiger partial charge in [0.15, 0.2) is 0 Å². The Morgan fingerprint density at radius 1 is 1.25 bits per heavy atom. The molecule has 2 amide bonds. The molecule has 0 atom stereocenters. The SMILES string of the molecule is CCCNC(=O)N1N=C(c2ccc([N+](=O)[O-])cc2)c2cc(Cl)ccc2C=C1C. The Kier molecular flexibility index (Phi) is 5.75. The van der Waals surface area contributed by atoms with Crippen LogP contribution in [0.5, 0.6) is 0 Å². The molecule has 0 aromatic heterocycles. The van der Waals surface area contributed by atoms with Crippen LogP contribution in [0.25, 0.3) is 6.08 Å². The van der Waals surface area contributed by atoms with Gasteiger partial charge in [-0.3, -0.25) is 10.1 Å². The molecule has 0 unspecified atom stereocenters. The molecular weight excluding hydrogens is 380 g/mol. The number of rotatable bonds is 4. The Morgan fingerprint density at radius 2 is 1.96 bits per heavy atom. The van der Waals surface area contributed by atoms with Gasteiger partial charge in [-0.05, 0) is 49.2 Å². The number of benzene rings is 2. The number of hydrogen-bond acceptors (Lipinski definition) is 4. The predicted octanol–water partition coefficient (Wildman–Crippen LogP) is 4.80. The number of nitro benzene ring substituents is 1. The molecule has 1 aliphatic rings. The van der Waals surface area contributed by atoms with Gasteiger partial charge in [-0.25, -0.2) is 4.79 Å². The molecule has 0 fully saturated rings. The molecule has 1 N–H and O–H groups in total. The highest BCUT2D eigenvalue weighted by atomic mass is 35.5. The lowest BCUT2D eigenvalue weighted by Gasteiger charge is -2.18. The summed E-state index contributed by atoms with van der Waals surface area (Å²) in [5, 5.41) is 20.2.